The average Bonchev–Trinajstić information content (AvgIpc) is 3.01. The molecule has 0 spiro atoms. The van der Waals surface area contributed by atoms with Crippen LogP contribution in [0.4, 0.5) is 0 Å². The lowest BCUT2D eigenvalue weighted by Gasteiger charge is -2.20. The lowest BCUT2D eigenvalue weighted by molar-refractivity contribution is -0.154. The molecule has 0 saturated carbocycles. The van der Waals surface area contributed by atoms with E-state index in [2.05, 4.69) is 30.5 Å². The molecule has 0 aromatic heterocycles. The van der Waals surface area contributed by atoms with Crippen molar-refractivity contribution in [2.24, 2.45) is 5.73 Å². The number of allylic oxidation sites excluding steroid dienone is 2. The van der Waals surface area contributed by atoms with E-state index in [0.29, 0.717) is 13.0 Å². The number of carbonyl (C=O) groups excluding carboxylic acids is 1. The van der Waals surface area contributed by atoms with Crippen LogP contribution in [-0.4, -0.2) is 60.5 Å². The van der Waals surface area contributed by atoms with Crippen LogP contribution < -0.4 is 5.73 Å². The molecule has 0 radical (unpaired) electrons. The Bertz CT molecular complexity index is 781. The molecule has 0 amide bonds. The molecule has 0 heterocycles. The SMILES string of the molecule is CCCCCC/C=C\CCCCCCCCOCC(COP(=O)(O)OCC(N)C(=O)O)OC(=O)CCCCCCCCCCC. The van der Waals surface area contributed by atoms with E-state index in [1.54, 1.807) is 0 Å². The Morgan fingerprint density at radius 2 is 1.16 bits per heavy atom. The molecule has 0 saturated heterocycles. The van der Waals surface area contributed by atoms with Crippen LogP contribution in [0.15, 0.2) is 12.2 Å². The fourth-order valence-electron chi connectivity index (χ4n) is 4.71. The summed E-state index contributed by atoms with van der Waals surface area (Å²) in [4.78, 5) is 33.2. The molecule has 0 bridgehead atoms. The van der Waals surface area contributed by atoms with E-state index < -0.39 is 45.1 Å². The van der Waals surface area contributed by atoms with Gasteiger partial charge < -0.3 is 25.2 Å². The van der Waals surface area contributed by atoms with Gasteiger partial charge in [-0.1, -0.05) is 122 Å². The molecule has 0 aromatic carbocycles. The number of carboxylic acids is 1. The molecule has 3 unspecified atom stereocenters. The van der Waals surface area contributed by atoms with E-state index in [9.17, 15) is 19.0 Å². The summed E-state index contributed by atoms with van der Waals surface area (Å²) in [6.45, 7) is 3.82. The van der Waals surface area contributed by atoms with E-state index in [1.807, 2.05) is 0 Å². The standard InChI is InChI=1S/C34H66NO9P/c1-3-5-7-9-11-13-14-15-16-17-19-21-23-25-27-41-28-31(29-42-45(39,40)43-30-32(35)34(37)38)44-33(36)26-24-22-20-18-12-10-8-6-4-2/h13-14,31-32H,3-12,15-30,35H2,1-2H3,(H,37,38)(H,39,40)/b14-13-. The van der Waals surface area contributed by atoms with E-state index in [1.165, 1.54) is 83.5 Å². The third-order valence-corrected chi connectivity index (χ3v) is 8.50. The minimum absolute atomic E-state index is 0.0168. The molecule has 3 atom stereocenters. The van der Waals surface area contributed by atoms with Crippen molar-refractivity contribution in [2.45, 2.75) is 167 Å². The van der Waals surface area contributed by atoms with Crippen LogP contribution in [0.3, 0.4) is 0 Å². The van der Waals surface area contributed by atoms with Crippen LogP contribution in [0.1, 0.15) is 155 Å². The molecule has 0 aromatic rings. The summed E-state index contributed by atoms with van der Waals surface area (Å²) in [5.74, 6) is -1.78. The Kier molecular flexibility index (Phi) is 30.4. The van der Waals surface area contributed by atoms with Gasteiger partial charge in [0.05, 0.1) is 19.8 Å². The monoisotopic (exact) mass is 663 g/mol. The Balaban J connectivity index is 4.31. The summed E-state index contributed by atoms with van der Waals surface area (Å²) >= 11 is 0. The first-order chi connectivity index (χ1) is 21.7. The van der Waals surface area contributed by atoms with Crippen molar-refractivity contribution in [1.82, 2.24) is 0 Å². The molecule has 266 valence electrons. The second-order valence-corrected chi connectivity index (χ2v) is 13.5. The van der Waals surface area contributed by atoms with E-state index in [4.69, 9.17) is 24.8 Å². The molecule has 0 fully saturated rings. The summed E-state index contributed by atoms with van der Waals surface area (Å²) in [6.07, 6.45) is 28.4. The number of aliphatic carboxylic acids is 1. The highest BCUT2D eigenvalue weighted by Crippen LogP contribution is 2.43. The van der Waals surface area contributed by atoms with E-state index in [-0.39, 0.29) is 13.0 Å². The normalized spacial score (nSPS) is 14.4. The van der Waals surface area contributed by atoms with Gasteiger partial charge in [0.1, 0.15) is 12.1 Å². The van der Waals surface area contributed by atoms with Gasteiger partial charge in [0, 0.05) is 13.0 Å². The van der Waals surface area contributed by atoms with Crippen LogP contribution in [0.2, 0.25) is 0 Å². The quantitative estimate of drug-likeness (QED) is 0.0264. The Hall–Kier alpha value is -1.29. The average molecular weight is 664 g/mol. The molecule has 11 heteroatoms. The Morgan fingerprint density at radius 1 is 0.689 bits per heavy atom. The number of unbranched alkanes of at least 4 members (excludes halogenated alkanes) is 18. The maximum Gasteiger partial charge on any atom is 0.472 e. The van der Waals surface area contributed by atoms with Gasteiger partial charge in [0.2, 0.25) is 0 Å². The van der Waals surface area contributed by atoms with Gasteiger partial charge in [0.15, 0.2) is 0 Å². The van der Waals surface area contributed by atoms with Gasteiger partial charge in [-0.05, 0) is 38.5 Å². The smallest absolute Gasteiger partial charge is 0.472 e. The van der Waals surface area contributed by atoms with Crippen LogP contribution in [-0.2, 0) is 32.7 Å². The van der Waals surface area contributed by atoms with Crippen LogP contribution in [0, 0.1) is 0 Å². The first-order valence-electron chi connectivity index (χ1n) is 17.7. The first-order valence-corrected chi connectivity index (χ1v) is 19.2. The number of hydrogen-bond donors (Lipinski definition) is 3. The van der Waals surface area contributed by atoms with Crippen molar-refractivity contribution in [2.75, 3.05) is 26.4 Å². The minimum atomic E-state index is -4.60. The number of rotatable bonds is 34. The molecule has 0 aliphatic heterocycles. The number of phosphoric acid groups is 1. The van der Waals surface area contributed by atoms with Crippen molar-refractivity contribution in [3.63, 3.8) is 0 Å². The fraction of sp³-hybridized carbons (Fsp3) is 0.882. The highest BCUT2D eigenvalue weighted by Gasteiger charge is 2.27. The minimum Gasteiger partial charge on any atom is -0.480 e. The number of carboxylic acid groups (broad SMARTS) is 1. The maximum atomic E-state index is 12.5. The maximum absolute atomic E-state index is 12.5. The van der Waals surface area contributed by atoms with Crippen molar-refractivity contribution >= 4 is 19.8 Å². The van der Waals surface area contributed by atoms with Crippen LogP contribution in [0.5, 0.6) is 0 Å². The third-order valence-electron chi connectivity index (χ3n) is 7.54. The zero-order valence-corrected chi connectivity index (χ0v) is 29.4. The highest BCUT2D eigenvalue weighted by molar-refractivity contribution is 7.47. The molecular weight excluding hydrogens is 597 g/mol. The number of hydrogen-bond acceptors (Lipinski definition) is 8. The molecule has 0 rings (SSSR count). The lowest BCUT2D eigenvalue weighted by atomic mass is 10.1. The van der Waals surface area contributed by atoms with E-state index in [0.717, 1.165) is 44.9 Å². The van der Waals surface area contributed by atoms with Crippen molar-refractivity contribution in [1.29, 1.82) is 0 Å². The molecule has 0 aliphatic carbocycles. The van der Waals surface area contributed by atoms with Crippen molar-refractivity contribution in [3.8, 4) is 0 Å². The number of esters is 1. The van der Waals surface area contributed by atoms with Crippen LogP contribution in [0.25, 0.3) is 0 Å². The van der Waals surface area contributed by atoms with Gasteiger partial charge in [-0.15, -0.1) is 0 Å². The van der Waals surface area contributed by atoms with Crippen molar-refractivity contribution in [3.05, 3.63) is 12.2 Å². The molecule has 0 aliphatic rings. The second kappa shape index (κ2) is 31.3. The summed E-state index contributed by atoms with van der Waals surface area (Å²) in [7, 11) is -4.60. The van der Waals surface area contributed by atoms with Crippen molar-refractivity contribution < 1.29 is 42.7 Å². The second-order valence-electron chi connectivity index (χ2n) is 12.0. The summed E-state index contributed by atoms with van der Waals surface area (Å²) in [5.41, 5.74) is 5.32. The number of nitrogens with two attached hydrogens (primary N) is 1. The van der Waals surface area contributed by atoms with Gasteiger partial charge in [-0.2, -0.15) is 0 Å². The first kappa shape index (κ1) is 43.7. The molecule has 45 heavy (non-hydrogen) atoms. The van der Waals surface area contributed by atoms with Gasteiger partial charge in [-0.3, -0.25) is 18.6 Å². The summed E-state index contributed by atoms with van der Waals surface area (Å²) in [5, 5.41) is 8.83. The highest BCUT2D eigenvalue weighted by atomic mass is 31.2. The largest absolute Gasteiger partial charge is 0.480 e. The van der Waals surface area contributed by atoms with Gasteiger partial charge in [-0.25, -0.2) is 4.57 Å². The zero-order chi connectivity index (χ0) is 33.4. The van der Waals surface area contributed by atoms with E-state index >= 15 is 0 Å². The molecule has 4 N–H and O–H groups in total. The summed E-state index contributed by atoms with van der Waals surface area (Å²) in [6, 6.07) is -1.47. The lowest BCUT2D eigenvalue weighted by Crippen LogP contribution is -2.34. The number of phosphoric ester groups is 1. The third kappa shape index (κ3) is 31.1. The Labute approximate surface area is 273 Å². The topological polar surface area (TPSA) is 155 Å². The Morgan fingerprint density at radius 3 is 1.71 bits per heavy atom. The summed E-state index contributed by atoms with van der Waals surface area (Å²) < 4.78 is 33.1. The fourth-order valence-corrected chi connectivity index (χ4v) is 5.49. The number of carbonyl (C=O) groups is 2. The predicted molar refractivity (Wildman–Crippen MR) is 180 cm³/mol. The zero-order valence-electron chi connectivity index (χ0n) is 28.5. The van der Waals surface area contributed by atoms with Gasteiger partial charge >= 0.3 is 19.8 Å². The number of ether oxygens (including phenoxy) is 2. The van der Waals surface area contributed by atoms with Gasteiger partial charge in [0.25, 0.3) is 0 Å². The molecular formula is C34H66NO9P. The molecule has 10 nitrogen and oxygen atoms in total. The predicted octanol–water partition coefficient (Wildman–Crippen LogP) is 8.64. The van der Waals surface area contributed by atoms with Crippen LogP contribution >= 0.6 is 7.82 Å².